The fraction of sp³-hybridized carbons (Fsp3) is 1.00. The van der Waals surface area contributed by atoms with Gasteiger partial charge in [-0.15, -0.1) is 0 Å². The Hall–Kier alpha value is -0.0301. The first-order valence-corrected chi connectivity index (χ1v) is 7.53. The zero-order valence-corrected chi connectivity index (χ0v) is 14.2. The Morgan fingerprint density at radius 1 is 0.700 bits per heavy atom. The third-order valence-electron chi connectivity index (χ3n) is 5.48. The predicted molar refractivity (Wildman–Crippen MR) is 81.4 cm³/mol. The van der Waals surface area contributed by atoms with E-state index in [0.29, 0.717) is 6.61 Å². The van der Waals surface area contributed by atoms with Gasteiger partial charge in [-0.05, 0) is 48.0 Å². The molecule has 4 nitrogen and oxygen atoms in total. The third-order valence-corrected chi connectivity index (χ3v) is 5.48. The molecule has 20 heavy (non-hydrogen) atoms. The second-order valence-electron chi connectivity index (χ2n) is 8.12. The Balaban J connectivity index is 2.19. The molecule has 0 N–H and O–H groups in total. The molecule has 0 atom stereocenters. The lowest BCUT2D eigenvalue weighted by molar-refractivity contribution is -0.180. The summed E-state index contributed by atoms with van der Waals surface area (Å²) in [4.78, 5) is 0. The monoisotopic (exact) mass is 282 g/mol. The predicted octanol–water partition coefficient (Wildman–Crippen LogP) is 2.89. The fourth-order valence-corrected chi connectivity index (χ4v) is 2.70. The standard InChI is InChI=1S/C14H28B2O4/c1-11(2)9-10-17-15(18-11)16-19-13(5,6)12(3,4)14(7,8)20-16/h9-10H2,1-8H3. The van der Waals surface area contributed by atoms with Gasteiger partial charge in [-0.2, -0.15) is 0 Å². The molecule has 6 heteroatoms. The number of rotatable bonds is 1. The average Bonchev–Trinajstić information content (AvgIpc) is 2.24. The van der Waals surface area contributed by atoms with Crippen molar-refractivity contribution in [1.29, 1.82) is 0 Å². The molecule has 2 aliphatic rings. The van der Waals surface area contributed by atoms with E-state index < -0.39 is 14.0 Å². The topological polar surface area (TPSA) is 36.9 Å². The summed E-state index contributed by atoms with van der Waals surface area (Å²) in [7, 11) is -0.957. The van der Waals surface area contributed by atoms with Crippen LogP contribution in [0.5, 0.6) is 0 Å². The van der Waals surface area contributed by atoms with Crippen LogP contribution in [0.2, 0.25) is 0 Å². The van der Waals surface area contributed by atoms with Crippen molar-refractivity contribution in [2.75, 3.05) is 6.61 Å². The normalized spacial score (nSPS) is 31.2. The maximum Gasteiger partial charge on any atom is 0.488 e. The molecule has 2 rings (SSSR count). The van der Waals surface area contributed by atoms with Gasteiger partial charge in [-0.3, -0.25) is 0 Å². The van der Waals surface area contributed by atoms with Gasteiger partial charge < -0.3 is 18.6 Å². The minimum absolute atomic E-state index is 0.124. The molecule has 2 fully saturated rings. The van der Waals surface area contributed by atoms with Gasteiger partial charge in [0.1, 0.15) is 0 Å². The zero-order valence-electron chi connectivity index (χ0n) is 14.2. The van der Waals surface area contributed by atoms with Crippen molar-refractivity contribution in [2.45, 2.75) is 78.6 Å². The number of hydrogen-bond acceptors (Lipinski definition) is 4. The van der Waals surface area contributed by atoms with E-state index in [1.165, 1.54) is 0 Å². The van der Waals surface area contributed by atoms with Gasteiger partial charge in [-0.25, -0.2) is 0 Å². The van der Waals surface area contributed by atoms with Gasteiger partial charge in [0.2, 0.25) is 0 Å². The Labute approximate surface area is 124 Å². The summed E-state index contributed by atoms with van der Waals surface area (Å²) < 4.78 is 24.1. The minimum Gasteiger partial charge on any atom is -0.413 e. The lowest BCUT2D eigenvalue weighted by Crippen LogP contribution is -2.69. The molecule has 0 unspecified atom stereocenters. The van der Waals surface area contributed by atoms with Gasteiger partial charge in [-0.1, -0.05) is 13.8 Å². The highest BCUT2D eigenvalue weighted by Gasteiger charge is 2.61. The number of hydrogen-bond donors (Lipinski definition) is 0. The molecule has 0 spiro atoms. The van der Waals surface area contributed by atoms with Crippen LogP contribution in [0.25, 0.3) is 0 Å². The van der Waals surface area contributed by atoms with Crippen LogP contribution in [0.15, 0.2) is 0 Å². The van der Waals surface area contributed by atoms with Crippen molar-refractivity contribution < 1.29 is 18.6 Å². The van der Waals surface area contributed by atoms with E-state index in [2.05, 4.69) is 55.4 Å². The van der Waals surface area contributed by atoms with Crippen LogP contribution in [-0.2, 0) is 18.6 Å². The van der Waals surface area contributed by atoms with Crippen molar-refractivity contribution >= 4 is 14.0 Å². The summed E-state index contributed by atoms with van der Waals surface area (Å²) in [6, 6.07) is 0. The van der Waals surface area contributed by atoms with Gasteiger partial charge in [0.25, 0.3) is 0 Å². The average molecular weight is 282 g/mol. The summed E-state index contributed by atoms with van der Waals surface area (Å²) in [5.41, 5.74) is -0.973. The summed E-state index contributed by atoms with van der Waals surface area (Å²) in [5.74, 6) is 0. The van der Waals surface area contributed by atoms with Crippen LogP contribution in [0.4, 0.5) is 0 Å². The largest absolute Gasteiger partial charge is 0.488 e. The summed E-state index contributed by atoms with van der Waals surface area (Å²) >= 11 is 0. The van der Waals surface area contributed by atoms with Crippen LogP contribution < -0.4 is 0 Å². The summed E-state index contributed by atoms with van der Waals surface area (Å²) in [6.07, 6.45) is 0.883. The molecular formula is C14H28B2O4. The smallest absolute Gasteiger partial charge is 0.413 e. The second kappa shape index (κ2) is 4.73. The van der Waals surface area contributed by atoms with Crippen LogP contribution in [-0.4, -0.2) is 37.4 Å². The van der Waals surface area contributed by atoms with E-state index in [1.807, 2.05) is 0 Å². The minimum atomic E-state index is -0.493. The van der Waals surface area contributed by atoms with E-state index in [9.17, 15) is 0 Å². The van der Waals surface area contributed by atoms with Crippen LogP contribution >= 0.6 is 0 Å². The van der Waals surface area contributed by atoms with Gasteiger partial charge in [0, 0.05) is 17.6 Å². The van der Waals surface area contributed by atoms with Crippen molar-refractivity contribution in [3.63, 3.8) is 0 Å². The molecule has 0 amide bonds. The Bertz CT molecular complexity index is 359. The van der Waals surface area contributed by atoms with Crippen molar-refractivity contribution in [3.8, 4) is 0 Å². The molecular weight excluding hydrogens is 254 g/mol. The highest BCUT2D eigenvalue weighted by Crippen LogP contribution is 2.49. The molecule has 0 aromatic rings. The van der Waals surface area contributed by atoms with E-state index in [-0.39, 0.29) is 22.2 Å². The van der Waals surface area contributed by atoms with Gasteiger partial charge >= 0.3 is 14.0 Å². The fourth-order valence-electron chi connectivity index (χ4n) is 2.70. The molecule has 2 heterocycles. The van der Waals surface area contributed by atoms with Crippen molar-refractivity contribution in [1.82, 2.24) is 0 Å². The second-order valence-corrected chi connectivity index (χ2v) is 8.12. The molecule has 0 aliphatic carbocycles. The molecule has 0 aromatic carbocycles. The Kier molecular flexibility index (Phi) is 3.87. The van der Waals surface area contributed by atoms with Crippen LogP contribution in [0.3, 0.4) is 0 Å². The quantitative estimate of drug-likeness (QED) is 0.693. The van der Waals surface area contributed by atoms with E-state index >= 15 is 0 Å². The zero-order chi connectivity index (χ0) is 15.4. The van der Waals surface area contributed by atoms with E-state index in [1.54, 1.807) is 0 Å². The van der Waals surface area contributed by atoms with Crippen molar-refractivity contribution in [2.24, 2.45) is 5.41 Å². The summed E-state index contributed by atoms with van der Waals surface area (Å²) in [5, 5.41) is 0. The molecule has 0 radical (unpaired) electrons. The maximum absolute atomic E-state index is 6.19. The SMILES string of the molecule is CC1(C)CCOB(B2OC(C)(C)C(C)(C)C(C)(C)O2)O1. The molecule has 0 aromatic heterocycles. The third kappa shape index (κ3) is 2.68. The molecule has 0 bridgehead atoms. The first-order chi connectivity index (χ1) is 8.88. The van der Waals surface area contributed by atoms with Crippen LogP contribution in [0, 0.1) is 5.41 Å². The Morgan fingerprint density at radius 3 is 1.65 bits per heavy atom. The lowest BCUT2D eigenvalue weighted by Gasteiger charge is -2.58. The highest BCUT2D eigenvalue weighted by molar-refractivity contribution is 7.10. The van der Waals surface area contributed by atoms with Crippen LogP contribution in [0.1, 0.15) is 61.8 Å². The maximum atomic E-state index is 6.19. The first-order valence-electron chi connectivity index (χ1n) is 7.53. The van der Waals surface area contributed by atoms with E-state index in [4.69, 9.17) is 18.6 Å². The molecule has 2 saturated heterocycles. The van der Waals surface area contributed by atoms with Gasteiger partial charge in [0.05, 0.1) is 11.2 Å². The molecule has 0 saturated carbocycles. The van der Waals surface area contributed by atoms with E-state index in [0.717, 1.165) is 6.42 Å². The van der Waals surface area contributed by atoms with Crippen molar-refractivity contribution in [3.05, 3.63) is 0 Å². The Morgan fingerprint density at radius 2 is 1.20 bits per heavy atom. The highest BCUT2D eigenvalue weighted by atomic mass is 16.7. The lowest BCUT2D eigenvalue weighted by atomic mass is 9.44. The summed E-state index contributed by atoms with van der Waals surface area (Å²) in [6.45, 7) is 17.6. The molecule has 114 valence electrons. The molecule has 2 aliphatic heterocycles. The first kappa shape index (κ1) is 16.3. The van der Waals surface area contributed by atoms with Gasteiger partial charge in [0.15, 0.2) is 0 Å².